The van der Waals surface area contributed by atoms with Gasteiger partial charge >= 0.3 is 0 Å². The summed E-state index contributed by atoms with van der Waals surface area (Å²) in [7, 11) is 0. The largest absolute Gasteiger partial charge is 0.452 e. The zero-order chi connectivity index (χ0) is 9.71. The Kier molecular flexibility index (Phi) is 1.97. The van der Waals surface area contributed by atoms with Gasteiger partial charge in [-0.1, -0.05) is 0 Å². The fraction of sp³-hybridized carbons (Fsp3) is 0.125. The highest BCUT2D eigenvalue weighted by atomic mass is 79.9. The Morgan fingerprint density at radius 1 is 1.29 bits per heavy atom. The Labute approximate surface area is 100 Å². The molecule has 3 rings (SSSR count). The number of halogens is 2. The number of aromatic nitrogens is 1. The first kappa shape index (κ1) is 8.94. The van der Waals surface area contributed by atoms with Gasteiger partial charge in [0.05, 0.1) is 9.17 Å². The summed E-state index contributed by atoms with van der Waals surface area (Å²) >= 11 is 8.36. The zero-order valence-corrected chi connectivity index (χ0v) is 10.7. The van der Waals surface area contributed by atoms with E-state index in [-0.39, 0.29) is 6.79 Å². The lowest BCUT2D eigenvalue weighted by Gasteiger charge is -1.98. The van der Waals surface area contributed by atoms with E-state index in [1.165, 1.54) is 0 Å². The van der Waals surface area contributed by atoms with Crippen molar-refractivity contribution < 1.29 is 9.47 Å². The SMILES string of the molecule is Brc1nc2c3c(c(Br)cc2s1)OCO3. The molecular formula is C8H3Br2NO2S. The van der Waals surface area contributed by atoms with E-state index < -0.39 is 0 Å². The van der Waals surface area contributed by atoms with Gasteiger partial charge in [0.1, 0.15) is 5.52 Å². The Morgan fingerprint density at radius 2 is 2.07 bits per heavy atom. The van der Waals surface area contributed by atoms with Crippen LogP contribution in [-0.2, 0) is 0 Å². The van der Waals surface area contributed by atoms with E-state index in [1.54, 1.807) is 11.3 Å². The summed E-state index contributed by atoms with van der Waals surface area (Å²) in [6.07, 6.45) is 0. The molecule has 1 aliphatic rings. The number of fused-ring (bicyclic) bond motifs is 3. The average molecular weight is 337 g/mol. The minimum atomic E-state index is 0.266. The fourth-order valence-corrected chi connectivity index (χ4v) is 3.48. The Balaban J connectivity index is 2.45. The lowest BCUT2D eigenvalue weighted by Crippen LogP contribution is -1.93. The van der Waals surface area contributed by atoms with Gasteiger partial charge in [-0.2, -0.15) is 0 Å². The molecule has 3 nitrogen and oxygen atoms in total. The number of rotatable bonds is 0. The monoisotopic (exact) mass is 335 g/mol. The minimum Gasteiger partial charge on any atom is -0.452 e. The van der Waals surface area contributed by atoms with Crippen LogP contribution in [0.4, 0.5) is 0 Å². The van der Waals surface area contributed by atoms with Crippen molar-refractivity contribution in [1.29, 1.82) is 0 Å². The zero-order valence-electron chi connectivity index (χ0n) is 6.71. The molecule has 2 aromatic rings. The molecule has 0 N–H and O–H groups in total. The topological polar surface area (TPSA) is 31.4 Å². The van der Waals surface area contributed by atoms with Gasteiger partial charge in [-0.05, 0) is 37.9 Å². The maximum absolute atomic E-state index is 5.38. The van der Waals surface area contributed by atoms with Crippen molar-refractivity contribution in [2.75, 3.05) is 6.79 Å². The number of thiazole rings is 1. The molecule has 2 heterocycles. The van der Waals surface area contributed by atoms with Gasteiger partial charge in [0.15, 0.2) is 15.4 Å². The third kappa shape index (κ3) is 1.17. The molecule has 0 amide bonds. The highest BCUT2D eigenvalue weighted by molar-refractivity contribution is 9.11. The summed E-state index contributed by atoms with van der Waals surface area (Å²) in [4.78, 5) is 4.34. The fourth-order valence-electron chi connectivity index (χ4n) is 1.38. The van der Waals surface area contributed by atoms with E-state index >= 15 is 0 Å². The summed E-state index contributed by atoms with van der Waals surface area (Å²) < 4.78 is 13.5. The van der Waals surface area contributed by atoms with Crippen molar-refractivity contribution in [3.8, 4) is 11.5 Å². The van der Waals surface area contributed by atoms with Crippen molar-refractivity contribution >= 4 is 53.4 Å². The predicted octanol–water partition coefficient (Wildman–Crippen LogP) is 3.55. The molecule has 1 aromatic heterocycles. The van der Waals surface area contributed by atoms with E-state index in [0.717, 1.165) is 30.1 Å². The van der Waals surface area contributed by atoms with Crippen LogP contribution in [0.3, 0.4) is 0 Å². The van der Waals surface area contributed by atoms with Crippen molar-refractivity contribution in [3.63, 3.8) is 0 Å². The Morgan fingerprint density at radius 3 is 2.93 bits per heavy atom. The molecule has 0 atom stereocenters. The Bertz CT molecular complexity index is 526. The van der Waals surface area contributed by atoms with Gasteiger partial charge in [-0.3, -0.25) is 0 Å². The number of hydrogen-bond donors (Lipinski definition) is 0. The molecule has 1 aromatic carbocycles. The van der Waals surface area contributed by atoms with Gasteiger partial charge in [0, 0.05) is 0 Å². The molecule has 0 spiro atoms. The molecule has 0 aliphatic carbocycles. The molecule has 0 fully saturated rings. The van der Waals surface area contributed by atoms with E-state index in [1.807, 2.05) is 6.07 Å². The first-order valence-electron chi connectivity index (χ1n) is 3.80. The standard InChI is InChI=1S/C8H3Br2NO2S/c9-3-1-4-5(11-8(10)14-4)7-6(3)12-2-13-7/h1H,2H2. The van der Waals surface area contributed by atoms with Crippen LogP contribution < -0.4 is 9.47 Å². The second kappa shape index (κ2) is 3.08. The van der Waals surface area contributed by atoms with Gasteiger partial charge in [0.2, 0.25) is 6.79 Å². The average Bonchev–Trinajstić information content (AvgIpc) is 2.69. The molecule has 0 bridgehead atoms. The van der Waals surface area contributed by atoms with Crippen molar-refractivity contribution in [2.24, 2.45) is 0 Å². The molecule has 0 radical (unpaired) electrons. The molecule has 1 aliphatic heterocycles. The summed E-state index contributed by atoms with van der Waals surface area (Å²) in [5.74, 6) is 1.48. The minimum absolute atomic E-state index is 0.266. The molecule has 6 heteroatoms. The van der Waals surface area contributed by atoms with Crippen molar-refractivity contribution in [2.45, 2.75) is 0 Å². The second-order valence-electron chi connectivity index (χ2n) is 2.74. The van der Waals surface area contributed by atoms with Crippen LogP contribution in [0.1, 0.15) is 0 Å². The van der Waals surface area contributed by atoms with Crippen LogP contribution in [0.5, 0.6) is 11.5 Å². The van der Waals surface area contributed by atoms with Gasteiger partial charge < -0.3 is 9.47 Å². The second-order valence-corrected chi connectivity index (χ2v) is 5.90. The third-order valence-electron chi connectivity index (χ3n) is 1.93. The molecular weight excluding hydrogens is 334 g/mol. The van der Waals surface area contributed by atoms with Crippen LogP contribution in [0.15, 0.2) is 14.5 Å². The highest BCUT2D eigenvalue weighted by Gasteiger charge is 2.22. The van der Waals surface area contributed by atoms with Crippen molar-refractivity contribution in [1.82, 2.24) is 4.98 Å². The van der Waals surface area contributed by atoms with Crippen LogP contribution in [0, 0.1) is 0 Å². The van der Waals surface area contributed by atoms with Gasteiger partial charge in [-0.25, -0.2) is 4.98 Å². The molecule has 72 valence electrons. The summed E-state index contributed by atoms with van der Waals surface area (Å²) in [6, 6.07) is 1.99. The van der Waals surface area contributed by atoms with Crippen LogP contribution in [0.25, 0.3) is 10.2 Å². The normalized spacial score (nSPS) is 13.9. The van der Waals surface area contributed by atoms with E-state index in [9.17, 15) is 0 Å². The molecule has 0 saturated heterocycles. The number of ether oxygens (including phenoxy) is 2. The summed E-state index contributed by atoms with van der Waals surface area (Å²) in [5, 5.41) is 0. The molecule has 0 unspecified atom stereocenters. The van der Waals surface area contributed by atoms with Crippen molar-refractivity contribution in [3.05, 3.63) is 14.5 Å². The smallest absolute Gasteiger partial charge is 0.231 e. The maximum atomic E-state index is 5.38. The quantitative estimate of drug-likeness (QED) is 0.737. The van der Waals surface area contributed by atoms with Crippen LogP contribution in [-0.4, -0.2) is 11.8 Å². The number of benzene rings is 1. The van der Waals surface area contributed by atoms with E-state index in [4.69, 9.17) is 9.47 Å². The highest BCUT2D eigenvalue weighted by Crippen LogP contribution is 2.46. The van der Waals surface area contributed by atoms with E-state index in [0.29, 0.717) is 0 Å². The first-order valence-corrected chi connectivity index (χ1v) is 6.20. The number of hydrogen-bond acceptors (Lipinski definition) is 4. The van der Waals surface area contributed by atoms with Crippen LogP contribution in [0.2, 0.25) is 0 Å². The van der Waals surface area contributed by atoms with Gasteiger partial charge in [0.25, 0.3) is 0 Å². The summed E-state index contributed by atoms with van der Waals surface area (Å²) in [6.45, 7) is 0.266. The lowest BCUT2D eigenvalue weighted by molar-refractivity contribution is 0.174. The predicted molar refractivity (Wildman–Crippen MR) is 61.1 cm³/mol. The Hall–Kier alpha value is -0.330. The summed E-state index contributed by atoms with van der Waals surface area (Å²) in [5.41, 5.74) is 0.859. The molecule has 0 saturated carbocycles. The third-order valence-corrected chi connectivity index (χ3v) is 3.97. The maximum Gasteiger partial charge on any atom is 0.231 e. The lowest BCUT2D eigenvalue weighted by atomic mass is 10.3. The molecule has 14 heavy (non-hydrogen) atoms. The first-order chi connectivity index (χ1) is 6.75. The van der Waals surface area contributed by atoms with Crippen LogP contribution >= 0.6 is 43.2 Å². The van der Waals surface area contributed by atoms with Gasteiger partial charge in [-0.15, -0.1) is 11.3 Å². The number of nitrogens with zero attached hydrogens (tertiary/aromatic N) is 1. The van der Waals surface area contributed by atoms with E-state index in [2.05, 4.69) is 36.8 Å².